The normalized spacial score (nSPS) is 10.5. The number of benzene rings is 3. The van der Waals surface area contributed by atoms with Crippen molar-refractivity contribution in [2.45, 2.75) is 6.92 Å². The molecule has 160 valence electrons. The third kappa shape index (κ3) is 4.04. The molecule has 1 aromatic heterocycles. The summed E-state index contributed by atoms with van der Waals surface area (Å²) < 4.78 is 0. The van der Waals surface area contributed by atoms with E-state index in [1.54, 1.807) is 17.0 Å². The van der Waals surface area contributed by atoms with E-state index >= 15 is 0 Å². The Labute approximate surface area is 183 Å². The van der Waals surface area contributed by atoms with Gasteiger partial charge in [-0.3, -0.25) is 25.8 Å². The number of para-hydroxylation sites is 1. The Morgan fingerprint density at radius 3 is 2.47 bits per heavy atom. The van der Waals surface area contributed by atoms with E-state index in [-0.39, 0.29) is 17.3 Å². The molecule has 4 rings (SSSR count). The molecule has 0 unspecified atom stereocenters. The molecule has 0 atom stereocenters. The first-order chi connectivity index (χ1) is 15.6. The van der Waals surface area contributed by atoms with E-state index in [1.165, 1.54) is 6.33 Å². The largest absolute Gasteiger partial charge is 0.355 e. The molecule has 0 spiro atoms. The van der Waals surface area contributed by atoms with Gasteiger partial charge in [0.2, 0.25) is 11.6 Å². The Hall–Kier alpha value is -4.53. The van der Waals surface area contributed by atoms with E-state index in [1.807, 2.05) is 67.6 Å². The number of hydrogen-bond acceptors (Lipinski definition) is 7. The molecular formula is C23H20N6O3. The van der Waals surface area contributed by atoms with Crippen molar-refractivity contribution in [3.05, 3.63) is 94.8 Å². The number of carbonyl (C=O) groups is 1. The van der Waals surface area contributed by atoms with Gasteiger partial charge in [-0.05, 0) is 35.9 Å². The number of amides is 1. The Morgan fingerprint density at radius 1 is 1.00 bits per heavy atom. The number of hydrogen-bond donors (Lipinski definition) is 2. The van der Waals surface area contributed by atoms with E-state index in [4.69, 9.17) is 0 Å². The first-order valence-corrected chi connectivity index (χ1v) is 9.96. The zero-order valence-electron chi connectivity index (χ0n) is 17.2. The fourth-order valence-corrected chi connectivity index (χ4v) is 3.50. The predicted octanol–water partition coefficient (Wildman–Crippen LogP) is 4.45. The lowest BCUT2D eigenvalue weighted by Crippen LogP contribution is -2.31. The SMILES string of the molecule is CCN(c1ccccc1)c1ncnc(NNC(=O)c2cccc3ccccc23)c1[N+](=O)[O-]. The van der Waals surface area contributed by atoms with Gasteiger partial charge in [0.15, 0.2) is 0 Å². The molecule has 0 radical (unpaired) electrons. The smallest absolute Gasteiger partial charge is 0.321 e. The molecule has 1 heterocycles. The molecule has 9 nitrogen and oxygen atoms in total. The second-order valence-corrected chi connectivity index (χ2v) is 6.84. The van der Waals surface area contributed by atoms with Gasteiger partial charge in [0.25, 0.3) is 5.91 Å². The minimum Gasteiger partial charge on any atom is -0.321 e. The van der Waals surface area contributed by atoms with Crippen LogP contribution in [0.25, 0.3) is 10.8 Å². The number of nitrogens with zero attached hydrogens (tertiary/aromatic N) is 4. The second-order valence-electron chi connectivity index (χ2n) is 6.84. The van der Waals surface area contributed by atoms with Gasteiger partial charge in [0.05, 0.1) is 4.92 Å². The molecule has 0 saturated carbocycles. The van der Waals surface area contributed by atoms with Crippen LogP contribution in [-0.4, -0.2) is 27.3 Å². The molecule has 0 bridgehead atoms. The molecule has 3 aromatic carbocycles. The van der Waals surface area contributed by atoms with Crippen molar-refractivity contribution in [3.63, 3.8) is 0 Å². The first kappa shape index (κ1) is 20.7. The van der Waals surface area contributed by atoms with Gasteiger partial charge in [0, 0.05) is 17.8 Å². The molecule has 32 heavy (non-hydrogen) atoms. The summed E-state index contributed by atoms with van der Waals surface area (Å²) in [5.41, 5.74) is 5.99. The van der Waals surface area contributed by atoms with Gasteiger partial charge in [-0.2, -0.15) is 0 Å². The van der Waals surface area contributed by atoms with Crippen molar-refractivity contribution in [1.82, 2.24) is 15.4 Å². The van der Waals surface area contributed by atoms with Crippen LogP contribution in [0.15, 0.2) is 79.1 Å². The number of rotatable bonds is 7. The van der Waals surface area contributed by atoms with Crippen LogP contribution < -0.4 is 15.8 Å². The third-order valence-corrected chi connectivity index (χ3v) is 4.95. The third-order valence-electron chi connectivity index (χ3n) is 4.95. The average Bonchev–Trinajstić information content (AvgIpc) is 2.83. The molecule has 1 amide bonds. The highest BCUT2D eigenvalue weighted by molar-refractivity contribution is 6.07. The van der Waals surface area contributed by atoms with E-state index in [0.717, 1.165) is 16.5 Å². The summed E-state index contributed by atoms with van der Waals surface area (Å²) in [6.45, 7) is 2.32. The first-order valence-electron chi connectivity index (χ1n) is 9.96. The molecule has 9 heteroatoms. The topological polar surface area (TPSA) is 113 Å². The molecule has 2 N–H and O–H groups in total. The summed E-state index contributed by atoms with van der Waals surface area (Å²) >= 11 is 0. The van der Waals surface area contributed by atoms with Crippen LogP contribution in [0.3, 0.4) is 0 Å². The summed E-state index contributed by atoms with van der Waals surface area (Å²) in [6, 6.07) is 22.1. The van der Waals surface area contributed by atoms with Crippen LogP contribution in [0, 0.1) is 10.1 Å². The van der Waals surface area contributed by atoms with Gasteiger partial charge in [-0.15, -0.1) is 0 Å². The Balaban J connectivity index is 1.65. The van der Waals surface area contributed by atoms with Crippen molar-refractivity contribution < 1.29 is 9.72 Å². The zero-order chi connectivity index (χ0) is 22.5. The van der Waals surface area contributed by atoms with E-state index in [9.17, 15) is 14.9 Å². The quantitative estimate of drug-likeness (QED) is 0.330. The molecule has 4 aromatic rings. The van der Waals surface area contributed by atoms with Gasteiger partial charge < -0.3 is 4.90 Å². The van der Waals surface area contributed by atoms with Crippen LogP contribution in [-0.2, 0) is 0 Å². The highest BCUT2D eigenvalue weighted by Gasteiger charge is 2.27. The lowest BCUT2D eigenvalue weighted by molar-refractivity contribution is -0.383. The summed E-state index contributed by atoms with van der Waals surface area (Å²) in [4.78, 5) is 34.0. The number of anilines is 3. The van der Waals surface area contributed by atoms with Crippen LogP contribution >= 0.6 is 0 Å². The van der Waals surface area contributed by atoms with Crippen LogP contribution in [0.2, 0.25) is 0 Å². The van der Waals surface area contributed by atoms with Crippen LogP contribution in [0.1, 0.15) is 17.3 Å². The number of nitrogens with one attached hydrogen (secondary N) is 2. The van der Waals surface area contributed by atoms with Gasteiger partial charge in [0.1, 0.15) is 6.33 Å². The number of aromatic nitrogens is 2. The number of hydrazine groups is 1. The summed E-state index contributed by atoms with van der Waals surface area (Å²) in [6.07, 6.45) is 1.22. The molecule has 0 saturated heterocycles. The predicted molar refractivity (Wildman–Crippen MR) is 123 cm³/mol. The fourth-order valence-electron chi connectivity index (χ4n) is 3.50. The van der Waals surface area contributed by atoms with Gasteiger partial charge in [-0.25, -0.2) is 9.97 Å². The van der Waals surface area contributed by atoms with Crippen LogP contribution in [0.4, 0.5) is 23.0 Å². The standard InChI is InChI=1S/C23H20N6O3/c1-2-28(17-11-4-3-5-12-17)22-20(29(31)32)21(24-15-25-22)26-27-23(30)19-14-8-10-16-9-6-7-13-18(16)19/h3-15H,2H2,1H3,(H,27,30)(H,24,25,26). The molecular weight excluding hydrogens is 408 g/mol. The van der Waals surface area contributed by atoms with Gasteiger partial charge in [-0.1, -0.05) is 54.6 Å². The summed E-state index contributed by atoms with van der Waals surface area (Å²) in [5.74, 6) is -0.421. The monoisotopic (exact) mass is 428 g/mol. The van der Waals surface area contributed by atoms with Crippen LogP contribution in [0.5, 0.6) is 0 Å². The maximum Gasteiger partial charge on any atom is 0.355 e. The number of nitro groups is 1. The Morgan fingerprint density at radius 2 is 1.72 bits per heavy atom. The maximum absolute atomic E-state index is 12.8. The molecule has 0 fully saturated rings. The summed E-state index contributed by atoms with van der Waals surface area (Å²) in [7, 11) is 0. The molecule has 0 aliphatic carbocycles. The fraction of sp³-hybridized carbons (Fsp3) is 0.0870. The van der Waals surface area contributed by atoms with Crippen molar-refractivity contribution in [2.75, 3.05) is 16.9 Å². The summed E-state index contributed by atoms with van der Waals surface area (Å²) in [5, 5.41) is 13.6. The van der Waals surface area contributed by atoms with Crippen molar-refractivity contribution in [2.24, 2.45) is 0 Å². The average molecular weight is 428 g/mol. The lowest BCUT2D eigenvalue weighted by Gasteiger charge is -2.22. The maximum atomic E-state index is 12.8. The van der Waals surface area contributed by atoms with Crippen molar-refractivity contribution >= 4 is 39.7 Å². The zero-order valence-corrected chi connectivity index (χ0v) is 17.2. The second kappa shape index (κ2) is 9.09. The highest BCUT2D eigenvalue weighted by atomic mass is 16.6. The minimum atomic E-state index is -0.562. The molecule has 0 aliphatic heterocycles. The van der Waals surface area contributed by atoms with E-state index in [0.29, 0.717) is 12.1 Å². The van der Waals surface area contributed by atoms with Crippen molar-refractivity contribution in [3.8, 4) is 0 Å². The lowest BCUT2D eigenvalue weighted by atomic mass is 10.0. The van der Waals surface area contributed by atoms with Crippen molar-refractivity contribution in [1.29, 1.82) is 0 Å². The molecule has 0 aliphatic rings. The van der Waals surface area contributed by atoms with Gasteiger partial charge >= 0.3 is 5.69 Å². The van der Waals surface area contributed by atoms with E-state index in [2.05, 4.69) is 20.8 Å². The Bertz CT molecular complexity index is 1270. The van der Waals surface area contributed by atoms with E-state index < -0.39 is 10.8 Å². The number of fused-ring (bicyclic) bond motifs is 1. The highest BCUT2D eigenvalue weighted by Crippen LogP contribution is 2.35. The number of carbonyl (C=O) groups excluding carboxylic acids is 1. The minimum absolute atomic E-state index is 0.108. The Kier molecular flexibility index (Phi) is 5.89.